The minimum atomic E-state index is -2.46. The van der Waals surface area contributed by atoms with Crippen LogP contribution in [0.4, 0.5) is 4.39 Å². The summed E-state index contributed by atoms with van der Waals surface area (Å²) < 4.78 is 31.6. The molecule has 0 aliphatic heterocycles. The molecule has 12 heteroatoms. The van der Waals surface area contributed by atoms with Gasteiger partial charge in [0.15, 0.2) is 12.2 Å². The first-order valence-electron chi connectivity index (χ1n) is 6.97. The average Bonchev–Trinajstić information content (AvgIpc) is 2.44. The van der Waals surface area contributed by atoms with E-state index in [0.717, 1.165) is 27.7 Å². The molecule has 0 aliphatic carbocycles. The van der Waals surface area contributed by atoms with Gasteiger partial charge in [-0.15, -0.1) is 0 Å². The molecule has 0 aromatic heterocycles. The lowest BCUT2D eigenvalue weighted by Crippen LogP contribution is -2.55. The maximum Gasteiger partial charge on any atom is 0.349 e. The van der Waals surface area contributed by atoms with Crippen LogP contribution in [0, 0.1) is 0 Å². The van der Waals surface area contributed by atoms with Gasteiger partial charge >= 0.3 is 35.9 Å². The number of hydrogen-bond donors (Lipinski definition) is 1. The Kier molecular flexibility index (Phi) is 8.88. The van der Waals surface area contributed by atoms with Crippen LogP contribution in [0.5, 0.6) is 0 Å². The predicted octanol–water partition coefficient (Wildman–Crippen LogP) is -0.706. The first kappa shape index (κ1) is 22.9. The molecular formula is C14H17FO11. The lowest BCUT2D eigenvalue weighted by Gasteiger charge is -2.32. The number of hydrogen-bond acceptors (Lipinski definition) is 10. The molecule has 0 unspecified atom stereocenters. The van der Waals surface area contributed by atoms with Crippen LogP contribution < -0.4 is 0 Å². The van der Waals surface area contributed by atoms with Gasteiger partial charge in [-0.1, -0.05) is 0 Å². The van der Waals surface area contributed by atoms with Gasteiger partial charge in [-0.05, 0) is 0 Å². The number of esters is 4. The molecule has 26 heavy (non-hydrogen) atoms. The summed E-state index contributed by atoms with van der Waals surface area (Å²) in [4.78, 5) is 67.3. The largest absolute Gasteiger partial charge is 0.478 e. The van der Waals surface area contributed by atoms with Crippen molar-refractivity contribution in [2.24, 2.45) is 0 Å². The second kappa shape index (κ2) is 10.1. The molecule has 1 N–H and O–H groups in total. The van der Waals surface area contributed by atoms with Gasteiger partial charge in [0, 0.05) is 27.7 Å². The van der Waals surface area contributed by atoms with Gasteiger partial charge in [-0.2, -0.15) is 4.39 Å². The third kappa shape index (κ3) is 7.68. The third-order valence-electron chi connectivity index (χ3n) is 2.58. The monoisotopic (exact) mass is 380 g/mol. The maximum atomic E-state index is 13.3. The molecule has 0 aliphatic rings. The molecular weight excluding hydrogens is 363 g/mol. The topological polar surface area (TPSA) is 160 Å². The van der Waals surface area contributed by atoms with Gasteiger partial charge in [0.05, 0.1) is 0 Å². The van der Waals surface area contributed by atoms with E-state index in [0.29, 0.717) is 0 Å². The van der Waals surface area contributed by atoms with Crippen molar-refractivity contribution in [1.82, 2.24) is 0 Å². The van der Waals surface area contributed by atoms with E-state index in [9.17, 15) is 38.3 Å². The van der Waals surface area contributed by atoms with Crippen LogP contribution in [-0.4, -0.2) is 65.4 Å². The lowest BCUT2D eigenvalue weighted by atomic mass is 10.0. The van der Waals surface area contributed by atoms with Gasteiger partial charge in [-0.25, -0.2) is 4.79 Å². The van der Waals surface area contributed by atoms with Gasteiger partial charge in [0.1, 0.15) is 0 Å². The van der Waals surface area contributed by atoms with Crippen LogP contribution in [0.3, 0.4) is 0 Å². The maximum absolute atomic E-state index is 13.3. The fourth-order valence-electron chi connectivity index (χ4n) is 1.84. The molecule has 0 bridgehead atoms. The van der Waals surface area contributed by atoms with E-state index in [1.807, 2.05) is 0 Å². The Morgan fingerprint density at radius 3 is 1.23 bits per heavy atom. The number of carbonyl (C=O) groups excluding carboxylic acids is 5. The molecule has 0 rings (SSSR count). The fourth-order valence-corrected chi connectivity index (χ4v) is 1.84. The Hall–Kier alpha value is -3.05. The molecule has 146 valence electrons. The van der Waals surface area contributed by atoms with E-state index in [1.165, 1.54) is 0 Å². The van der Waals surface area contributed by atoms with Crippen molar-refractivity contribution in [1.29, 1.82) is 0 Å². The van der Waals surface area contributed by atoms with Crippen LogP contribution >= 0.6 is 0 Å². The summed E-state index contributed by atoms with van der Waals surface area (Å²) in [5.74, 6) is -6.47. The van der Waals surface area contributed by atoms with Crippen LogP contribution in [0.25, 0.3) is 0 Å². The van der Waals surface area contributed by atoms with Gasteiger partial charge in [0.25, 0.3) is 0 Å². The molecule has 11 nitrogen and oxygen atoms in total. The van der Waals surface area contributed by atoms with Crippen molar-refractivity contribution in [3.05, 3.63) is 0 Å². The first-order chi connectivity index (χ1) is 11.9. The fraction of sp³-hybridized carbons (Fsp3) is 0.571. The zero-order chi connectivity index (χ0) is 20.6. The Balaban J connectivity index is 6.20. The molecule has 0 aromatic carbocycles. The average molecular weight is 380 g/mol. The Morgan fingerprint density at radius 2 is 0.962 bits per heavy atom. The summed E-state index contributed by atoms with van der Waals surface area (Å²) in [6.45, 7) is 3.25. The van der Waals surface area contributed by atoms with E-state index in [1.54, 1.807) is 0 Å². The summed E-state index contributed by atoms with van der Waals surface area (Å²) in [5, 5.41) is 9.20. The smallest absolute Gasteiger partial charge is 0.349 e. The van der Waals surface area contributed by atoms with E-state index in [4.69, 9.17) is 0 Å². The normalized spacial score (nSPS) is 14.8. The highest BCUT2D eigenvalue weighted by Crippen LogP contribution is 2.20. The van der Waals surface area contributed by atoms with E-state index in [2.05, 4.69) is 18.9 Å². The van der Waals surface area contributed by atoms with Gasteiger partial charge < -0.3 is 24.1 Å². The van der Waals surface area contributed by atoms with Crippen molar-refractivity contribution >= 4 is 35.9 Å². The number of ether oxygens (including phenoxy) is 4. The molecule has 0 spiro atoms. The third-order valence-corrected chi connectivity index (χ3v) is 2.58. The standard InChI is InChI=1S/C14H17FO11/c1-5(16)23-9(11(13(15)20)25-7(3)18)10(24-6(2)17)12(14(21)22)26-8(4)19/h9-12H,1-4H3,(H,21,22)/t9-,10-,11+,12-/m0/s1. The molecule has 0 aromatic rings. The van der Waals surface area contributed by atoms with Gasteiger partial charge in [-0.3, -0.25) is 24.0 Å². The van der Waals surface area contributed by atoms with Crippen molar-refractivity contribution in [2.45, 2.75) is 52.1 Å². The van der Waals surface area contributed by atoms with Crippen LogP contribution in [0.15, 0.2) is 0 Å². The highest BCUT2D eigenvalue weighted by atomic mass is 19.1. The number of rotatable bonds is 9. The van der Waals surface area contributed by atoms with E-state index in [-0.39, 0.29) is 0 Å². The second-order valence-corrected chi connectivity index (χ2v) is 4.85. The molecule has 0 heterocycles. The zero-order valence-corrected chi connectivity index (χ0v) is 14.2. The number of carboxylic acid groups (broad SMARTS) is 1. The molecule has 0 saturated heterocycles. The summed E-state index contributed by atoms with van der Waals surface area (Å²) in [5.41, 5.74) is 0. The highest BCUT2D eigenvalue weighted by Gasteiger charge is 2.49. The summed E-state index contributed by atoms with van der Waals surface area (Å²) in [6, 6.07) is -2.32. The van der Waals surface area contributed by atoms with E-state index < -0.39 is 60.3 Å². The molecule has 0 saturated carbocycles. The van der Waals surface area contributed by atoms with Crippen molar-refractivity contribution in [2.75, 3.05) is 0 Å². The Labute approximate surface area is 146 Å². The Bertz CT molecular complexity index is 548. The molecule has 0 radical (unpaired) electrons. The second-order valence-electron chi connectivity index (χ2n) is 4.85. The quantitative estimate of drug-likeness (QED) is 0.306. The Morgan fingerprint density at radius 1 is 0.654 bits per heavy atom. The van der Waals surface area contributed by atoms with Crippen LogP contribution in [0.1, 0.15) is 27.7 Å². The lowest BCUT2D eigenvalue weighted by molar-refractivity contribution is -0.205. The van der Waals surface area contributed by atoms with Crippen molar-refractivity contribution in [3.8, 4) is 0 Å². The van der Waals surface area contributed by atoms with Crippen LogP contribution in [-0.2, 0) is 47.7 Å². The highest BCUT2D eigenvalue weighted by molar-refractivity contribution is 5.81. The van der Waals surface area contributed by atoms with Gasteiger partial charge in [0.2, 0.25) is 12.2 Å². The van der Waals surface area contributed by atoms with Crippen molar-refractivity contribution < 1.29 is 57.2 Å². The number of aliphatic carboxylic acids is 1. The minimum absolute atomic E-state index is 0.794. The summed E-state index contributed by atoms with van der Waals surface area (Å²) >= 11 is 0. The van der Waals surface area contributed by atoms with Crippen LogP contribution in [0.2, 0.25) is 0 Å². The SMILES string of the molecule is CC(=O)O[C@@H]([C@H](OC(C)=O)[C@@H](OC(C)=O)C(=O)F)[C@H](OC(C)=O)C(=O)O. The molecule has 4 atom stereocenters. The summed E-state index contributed by atoms with van der Waals surface area (Å²) in [6.07, 6.45) is -9.18. The number of carbonyl (C=O) groups is 6. The number of carboxylic acids is 1. The zero-order valence-electron chi connectivity index (χ0n) is 14.2. The minimum Gasteiger partial charge on any atom is -0.478 e. The first-order valence-corrected chi connectivity index (χ1v) is 6.97. The number of halogens is 1. The molecule has 0 amide bonds. The van der Waals surface area contributed by atoms with Crippen molar-refractivity contribution in [3.63, 3.8) is 0 Å². The summed E-state index contributed by atoms with van der Waals surface area (Å²) in [7, 11) is 0. The predicted molar refractivity (Wildman–Crippen MR) is 76.0 cm³/mol. The molecule has 0 fully saturated rings. The van der Waals surface area contributed by atoms with E-state index >= 15 is 0 Å².